The maximum absolute atomic E-state index is 13.6. The molecule has 0 bridgehead atoms. The topological polar surface area (TPSA) is 72.3 Å². The molecular formula is C12H7FN2O3. The first-order valence-corrected chi connectivity index (χ1v) is 5.11. The van der Waals surface area contributed by atoms with Gasteiger partial charge in [0.15, 0.2) is 5.76 Å². The van der Waals surface area contributed by atoms with E-state index in [4.69, 9.17) is 8.94 Å². The molecular weight excluding hydrogens is 239 g/mol. The van der Waals surface area contributed by atoms with E-state index in [0.717, 1.165) is 0 Å². The number of hydrogen-bond acceptors (Lipinski definition) is 5. The Hall–Kier alpha value is -2.63. The van der Waals surface area contributed by atoms with E-state index in [-0.39, 0.29) is 23.0 Å². The monoisotopic (exact) mass is 246 g/mol. The molecule has 0 aliphatic carbocycles. The van der Waals surface area contributed by atoms with Crippen LogP contribution in [0.25, 0.3) is 23.0 Å². The number of halogens is 1. The van der Waals surface area contributed by atoms with E-state index in [1.165, 1.54) is 24.5 Å². The molecule has 18 heavy (non-hydrogen) atoms. The van der Waals surface area contributed by atoms with Gasteiger partial charge in [-0.1, -0.05) is 11.2 Å². The molecule has 90 valence electrons. The molecule has 0 spiro atoms. The van der Waals surface area contributed by atoms with Gasteiger partial charge in [-0.05, 0) is 24.3 Å². The Bertz CT molecular complexity index is 656. The highest BCUT2D eigenvalue weighted by Crippen LogP contribution is 2.31. The molecule has 1 aromatic carbocycles. The highest BCUT2D eigenvalue weighted by Gasteiger charge is 2.18. The van der Waals surface area contributed by atoms with E-state index in [1.807, 2.05) is 0 Å². The Kier molecular flexibility index (Phi) is 2.33. The first kappa shape index (κ1) is 10.5. The maximum atomic E-state index is 13.6. The quantitative estimate of drug-likeness (QED) is 0.752. The SMILES string of the molecule is Oc1cccc(F)c1-c1nc(-c2ccco2)no1. The zero-order chi connectivity index (χ0) is 12.5. The van der Waals surface area contributed by atoms with Gasteiger partial charge in [0.05, 0.1) is 6.26 Å². The smallest absolute Gasteiger partial charge is 0.265 e. The van der Waals surface area contributed by atoms with Crippen molar-refractivity contribution in [3.63, 3.8) is 0 Å². The van der Waals surface area contributed by atoms with E-state index in [0.29, 0.717) is 5.76 Å². The van der Waals surface area contributed by atoms with Gasteiger partial charge in [0, 0.05) is 0 Å². The Balaban J connectivity index is 2.09. The summed E-state index contributed by atoms with van der Waals surface area (Å²) in [5, 5.41) is 13.3. The van der Waals surface area contributed by atoms with Crippen LogP contribution >= 0.6 is 0 Å². The van der Waals surface area contributed by atoms with E-state index >= 15 is 0 Å². The average Bonchev–Trinajstić information content (AvgIpc) is 2.99. The van der Waals surface area contributed by atoms with Gasteiger partial charge in [-0.2, -0.15) is 4.98 Å². The predicted octanol–water partition coefficient (Wildman–Crippen LogP) is 2.84. The number of hydrogen-bond donors (Lipinski definition) is 1. The summed E-state index contributed by atoms with van der Waals surface area (Å²) in [7, 11) is 0. The standard InChI is InChI=1S/C12H7FN2O3/c13-7-3-1-4-8(16)10(7)12-14-11(15-18-12)9-5-2-6-17-9/h1-6,16H. The van der Waals surface area contributed by atoms with Gasteiger partial charge in [0.2, 0.25) is 5.82 Å². The van der Waals surface area contributed by atoms with Crippen LogP contribution in [0.15, 0.2) is 45.5 Å². The fourth-order valence-electron chi connectivity index (χ4n) is 1.56. The van der Waals surface area contributed by atoms with Gasteiger partial charge in [-0.15, -0.1) is 0 Å². The largest absolute Gasteiger partial charge is 0.507 e. The number of rotatable bonds is 2. The lowest BCUT2D eigenvalue weighted by Gasteiger charge is -1.99. The second-order valence-electron chi connectivity index (χ2n) is 3.53. The Morgan fingerprint density at radius 2 is 2.06 bits per heavy atom. The molecule has 0 fully saturated rings. The highest BCUT2D eigenvalue weighted by atomic mass is 19.1. The molecule has 0 aliphatic heterocycles. The Morgan fingerprint density at radius 3 is 2.78 bits per heavy atom. The average molecular weight is 246 g/mol. The van der Waals surface area contributed by atoms with Crippen molar-refractivity contribution in [2.24, 2.45) is 0 Å². The van der Waals surface area contributed by atoms with Crippen molar-refractivity contribution in [3.8, 4) is 28.8 Å². The second-order valence-corrected chi connectivity index (χ2v) is 3.53. The lowest BCUT2D eigenvalue weighted by molar-refractivity contribution is 0.419. The number of benzene rings is 1. The normalized spacial score (nSPS) is 10.7. The van der Waals surface area contributed by atoms with Gasteiger partial charge in [-0.3, -0.25) is 0 Å². The van der Waals surface area contributed by atoms with E-state index in [2.05, 4.69) is 10.1 Å². The first-order chi connectivity index (χ1) is 8.75. The molecule has 5 nitrogen and oxygen atoms in total. The molecule has 3 aromatic rings. The fourth-order valence-corrected chi connectivity index (χ4v) is 1.56. The van der Waals surface area contributed by atoms with Crippen molar-refractivity contribution in [3.05, 3.63) is 42.4 Å². The Morgan fingerprint density at radius 1 is 1.17 bits per heavy atom. The first-order valence-electron chi connectivity index (χ1n) is 5.11. The van der Waals surface area contributed by atoms with Gasteiger partial charge in [-0.25, -0.2) is 4.39 Å². The molecule has 2 heterocycles. The van der Waals surface area contributed by atoms with Gasteiger partial charge in [0.25, 0.3) is 5.89 Å². The number of phenols is 1. The van der Waals surface area contributed by atoms with Crippen molar-refractivity contribution in [2.75, 3.05) is 0 Å². The molecule has 0 amide bonds. The summed E-state index contributed by atoms with van der Waals surface area (Å²) in [4.78, 5) is 3.97. The summed E-state index contributed by atoms with van der Waals surface area (Å²) in [6.45, 7) is 0. The summed E-state index contributed by atoms with van der Waals surface area (Å²) in [6.07, 6.45) is 1.46. The Labute approximate surface area is 100 Å². The lowest BCUT2D eigenvalue weighted by atomic mass is 10.2. The number of nitrogens with zero attached hydrogens (tertiary/aromatic N) is 2. The lowest BCUT2D eigenvalue weighted by Crippen LogP contribution is -1.85. The van der Waals surface area contributed by atoms with Gasteiger partial charge in [0.1, 0.15) is 17.1 Å². The molecule has 0 atom stereocenters. The van der Waals surface area contributed by atoms with Crippen LogP contribution < -0.4 is 0 Å². The van der Waals surface area contributed by atoms with Crippen molar-refractivity contribution in [1.82, 2.24) is 10.1 Å². The summed E-state index contributed by atoms with van der Waals surface area (Å²) >= 11 is 0. The van der Waals surface area contributed by atoms with Crippen LogP contribution in [0.4, 0.5) is 4.39 Å². The number of aromatic hydroxyl groups is 1. The molecule has 3 rings (SSSR count). The maximum Gasteiger partial charge on any atom is 0.265 e. The minimum atomic E-state index is -0.635. The zero-order valence-electron chi connectivity index (χ0n) is 9.00. The van der Waals surface area contributed by atoms with E-state index in [1.54, 1.807) is 12.1 Å². The predicted molar refractivity (Wildman–Crippen MR) is 59.1 cm³/mol. The van der Waals surface area contributed by atoms with Gasteiger partial charge < -0.3 is 14.0 Å². The van der Waals surface area contributed by atoms with Crippen LogP contribution in [0.2, 0.25) is 0 Å². The van der Waals surface area contributed by atoms with E-state index in [9.17, 15) is 9.50 Å². The summed E-state index contributed by atoms with van der Waals surface area (Å²) in [5.41, 5.74) is -0.122. The van der Waals surface area contributed by atoms with Crippen LogP contribution in [0.5, 0.6) is 5.75 Å². The minimum absolute atomic E-state index is 0.1000. The molecule has 6 heteroatoms. The molecule has 0 aliphatic rings. The third kappa shape index (κ3) is 1.64. The molecule has 0 unspecified atom stereocenters. The molecule has 0 saturated carbocycles. The number of furan rings is 1. The fraction of sp³-hybridized carbons (Fsp3) is 0. The van der Waals surface area contributed by atoms with Crippen LogP contribution in [0.1, 0.15) is 0 Å². The molecule has 0 saturated heterocycles. The summed E-state index contributed by atoms with van der Waals surface area (Å²) < 4.78 is 23.6. The zero-order valence-corrected chi connectivity index (χ0v) is 9.00. The van der Waals surface area contributed by atoms with Crippen LogP contribution in [0.3, 0.4) is 0 Å². The molecule has 1 N–H and O–H groups in total. The van der Waals surface area contributed by atoms with Crippen molar-refractivity contribution < 1.29 is 18.4 Å². The second kappa shape index (κ2) is 3.99. The summed E-state index contributed by atoms with van der Waals surface area (Å²) in [6, 6.07) is 7.25. The third-order valence-electron chi connectivity index (χ3n) is 2.37. The number of aromatic nitrogens is 2. The van der Waals surface area contributed by atoms with Crippen molar-refractivity contribution in [1.29, 1.82) is 0 Å². The molecule has 0 radical (unpaired) electrons. The highest BCUT2D eigenvalue weighted by molar-refractivity contribution is 5.64. The van der Waals surface area contributed by atoms with Crippen LogP contribution in [0, 0.1) is 5.82 Å². The van der Waals surface area contributed by atoms with E-state index < -0.39 is 5.82 Å². The summed E-state index contributed by atoms with van der Waals surface area (Å²) in [5.74, 6) is -0.398. The van der Waals surface area contributed by atoms with Crippen molar-refractivity contribution in [2.45, 2.75) is 0 Å². The van der Waals surface area contributed by atoms with Gasteiger partial charge >= 0.3 is 0 Å². The van der Waals surface area contributed by atoms with Crippen LogP contribution in [-0.2, 0) is 0 Å². The van der Waals surface area contributed by atoms with Crippen LogP contribution in [-0.4, -0.2) is 15.2 Å². The molecule has 2 aromatic heterocycles. The van der Waals surface area contributed by atoms with Crippen molar-refractivity contribution >= 4 is 0 Å². The third-order valence-corrected chi connectivity index (χ3v) is 2.37. The minimum Gasteiger partial charge on any atom is -0.507 e. The number of phenolic OH excluding ortho intramolecular Hbond substituents is 1.